The Hall–Kier alpha value is -5.48. The van der Waals surface area contributed by atoms with E-state index in [4.69, 9.17) is 19.1 Å². The zero-order chi connectivity index (χ0) is 55.3. The lowest BCUT2D eigenvalue weighted by Crippen LogP contribution is -2.60. The number of amides is 7. The molecule has 3 aliphatic rings. The number of nitrogens with one attached hydrogen (secondary N) is 3. The maximum absolute atomic E-state index is 14.7. The lowest BCUT2D eigenvalue weighted by molar-refractivity contribution is -0.197. The Labute approximate surface area is 441 Å². The molecule has 7 amide bonds. The molecule has 0 radical (unpaired) electrons. The van der Waals surface area contributed by atoms with Gasteiger partial charge in [-0.25, -0.2) is 9.86 Å². The number of carbonyl (C=O) groups is 8. The maximum atomic E-state index is 14.7. The Morgan fingerprint density at radius 1 is 0.907 bits per heavy atom. The van der Waals surface area contributed by atoms with Crippen LogP contribution >= 0.6 is 0 Å². The summed E-state index contributed by atoms with van der Waals surface area (Å²) in [5.41, 5.74) is 1.70. The monoisotopic (exact) mass is 1050 g/mol. The maximum Gasteiger partial charge on any atom is 0.333 e. The number of aromatic amines is 1. The van der Waals surface area contributed by atoms with E-state index in [2.05, 4.69) is 15.6 Å². The number of carbonyl (C=O) groups excluding carboxylic acids is 8. The van der Waals surface area contributed by atoms with Gasteiger partial charge in [-0.1, -0.05) is 79.5 Å². The smallest absolute Gasteiger partial charge is 0.333 e. The van der Waals surface area contributed by atoms with Crippen molar-refractivity contribution in [2.45, 2.75) is 168 Å². The first kappa shape index (κ1) is 60.4. The number of rotatable bonds is 28. The van der Waals surface area contributed by atoms with Crippen molar-refractivity contribution in [3.8, 4) is 0 Å². The first-order valence-corrected chi connectivity index (χ1v) is 26.8. The third-order valence-electron chi connectivity index (χ3n) is 15.2. The molecule has 2 aromatic rings. The van der Waals surface area contributed by atoms with Gasteiger partial charge in [0.1, 0.15) is 24.8 Å². The second-order valence-electron chi connectivity index (χ2n) is 21.3. The number of methoxy groups -OCH3 is 2. The van der Waals surface area contributed by atoms with Crippen molar-refractivity contribution in [2.24, 2.45) is 23.7 Å². The third kappa shape index (κ3) is 15.4. The van der Waals surface area contributed by atoms with Gasteiger partial charge in [0.05, 0.1) is 49.2 Å². The summed E-state index contributed by atoms with van der Waals surface area (Å²) in [7, 11) is 6.56. The van der Waals surface area contributed by atoms with E-state index in [0.717, 1.165) is 21.5 Å². The molecule has 3 aliphatic heterocycles. The van der Waals surface area contributed by atoms with Crippen LogP contribution in [-0.2, 0) is 63.9 Å². The van der Waals surface area contributed by atoms with Crippen molar-refractivity contribution in [1.82, 2.24) is 40.4 Å². The molecule has 75 heavy (non-hydrogen) atoms. The topological polar surface area (TPSA) is 250 Å². The average molecular weight is 1050 g/mol. The van der Waals surface area contributed by atoms with Gasteiger partial charge in [-0.15, -0.1) is 5.06 Å². The van der Waals surface area contributed by atoms with E-state index < -0.39 is 84.0 Å². The minimum absolute atomic E-state index is 0.0258. The molecule has 0 aliphatic carbocycles. The van der Waals surface area contributed by atoms with Gasteiger partial charge in [-0.3, -0.25) is 43.3 Å². The van der Waals surface area contributed by atoms with Crippen molar-refractivity contribution in [3.05, 3.63) is 36.0 Å². The molecule has 0 bridgehead atoms. The van der Waals surface area contributed by atoms with E-state index >= 15 is 0 Å². The molecule has 3 saturated heterocycles. The van der Waals surface area contributed by atoms with Crippen LogP contribution in [0, 0.1) is 23.7 Å². The molecule has 21 nitrogen and oxygen atoms in total. The van der Waals surface area contributed by atoms with E-state index in [0.29, 0.717) is 56.7 Å². The highest BCUT2D eigenvalue weighted by atomic mass is 16.7. The lowest BCUT2D eigenvalue weighted by atomic mass is 9.89. The fraction of sp³-hybridized carbons (Fsp3) is 0.704. The number of fused-ring (bicyclic) bond motifs is 1. The minimum atomic E-state index is -1.04. The number of aliphatic hydroxyl groups is 1. The lowest BCUT2D eigenvalue weighted by Gasteiger charge is -2.41. The van der Waals surface area contributed by atoms with Gasteiger partial charge >= 0.3 is 5.97 Å². The van der Waals surface area contributed by atoms with E-state index in [9.17, 15) is 43.5 Å². The third-order valence-corrected chi connectivity index (χ3v) is 15.2. The summed E-state index contributed by atoms with van der Waals surface area (Å²) in [4.78, 5) is 126. The number of para-hydroxylation sites is 1. The van der Waals surface area contributed by atoms with E-state index in [1.54, 1.807) is 23.8 Å². The second kappa shape index (κ2) is 28.1. The number of benzene rings is 1. The number of hydrogen-bond donors (Lipinski definition) is 4. The van der Waals surface area contributed by atoms with E-state index in [-0.39, 0.29) is 80.7 Å². The van der Waals surface area contributed by atoms with E-state index in [1.165, 1.54) is 14.2 Å². The first-order chi connectivity index (χ1) is 35.6. The number of likely N-dealkylation sites (tertiary alicyclic amines) is 1. The van der Waals surface area contributed by atoms with Crippen LogP contribution in [0.1, 0.15) is 118 Å². The molecule has 0 saturated carbocycles. The molecule has 1 aromatic heterocycles. The summed E-state index contributed by atoms with van der Waals surface area (Å²) >= 11 is 0. The van der Waals surface area contributed by atoms with Crippen LogP contribution in [0.25, 0.3) is 10.9 Å². The molecule has 21 heteroatoms. The Balaban J connectivity index is 1.22. The Morgan fingerprint density at radius 2 is 1.60 bits per heavy atom. The second-order valence-corrected chi connectivity index (χ2v) is 21.3. The van der Waals surface area contributed by atoms with Crippen molar-refractivity contribution < 1.29 is 62.6 Å². The number of ether oxygens (including phenoxy) is 2. The van der Waals surface area contributed by atoms with Crippen molar-refractivity contribution >= 4 is 58.2 Å². The largest absolute Gasteiger partial charge is 0.389 e. The number of aromatic nitrogens is 1. The SMILES string of the molecule is CC[C@H](C)[C@@H]([C@@H](CC(=O)N1CCC[C@H]1[C@H](OC)[C@@H](C)C(=O)N[C@@H](Cc1c[nH]c2ccccc12)C(=O)N1CC(O)CO1)OC)N(C)C(=O)[C@@H](NC(=O)C(C(C)C)N(C)CCCCCC(=O)ON1C(=O)CCC1=O)C(C)C. The number of β-amino-alcohol motifs (C(OH)–C–C–N with tert-alkyl or cyclic N) is 1. The number of hydroxylamine groups is 4. The van der Waals surface area contributed by atoms with Crippen LogP contribution in [0.15, 0.2) is 30.5 Å². The number of H-pyrrole nitrogens is 1. The van der Waals surface area contributed by atoms with Crippen molar-refractivity contribution in [1.29, 1.82) is 0 Å². The Morgan fingerprint density at radius 3 is 2.21 bits per heavy atom. The average Bonchev–Trinajstić information content (AvgIpc) is 4.20. The van der Waals surface area contributed by atoms with Gasteiger partial charge in [0, 0.05) is 70.6 Å². The van der Waals surface area contributed by atoms with Crippen LogP contribution in [0.3, 0.4) is 0 Å². The molecule has 2 unspecified atom stereocenters. The Bertz CT molecular complexity index is 2270. The minimum Gasteiger partial charge on any atom is -0.389 e. The molecular formula is C54H84N8O13. The molecule has 4 heterocycles. The van der Waals surface area contributed by atoms with Gasteiger partial charge in [0.2, 0.25) is 23.6 Å². The zero-order valence-electron chi connectivity index (χ0n) is 46.0. The number of imide groups is 1. The molecule has 10 atom stereocenters. The number of aliphatic hydroxyl groups excluding tert-OH is 1. The van der Waals surface area contributed by atoms with Crippen molar-refractivity contribution in [2.75, 3.05) is 54.6 Å². The summed E-state index contributed by atoms with van der Waals surface area (Å²) in [6.45, 7) is 14.2. The molecule has 4 N–H and O–H groups in total. The van der Waals surface area contributed by atoms with Gasteiger partial charge in [0.15, 0.2) is 0 Å². The molecule has 3 fully saturated rings. The van der Waals surface area contributed by atoms with Gasteiger partial charge in [-0.2, -0.15) is 0 Å². The molecule has 5 rings (SSSR count). The highest BCUT2D eigenvalue weighted by Gasteiger charge is 2.44. The molecular weight excluding hydrogens is 969 g/mol. The summed E-state index contributed by atoms with van der Waals surface area (Å²) < 4.78 is 12.1. The highest BCUT2D eigenvalue weighted by Crippen LogP contribution is 2.31. The Kier molecular flexibility index (Phi) is 22.6. The van der Waals surface area contributed by atoms with Crippen molar-refractivity contribution in [3.63, 3.8) is 0 Å². The van der Waals surface area contributed by atoms with Gasteiger partial charge in [-0.05, 0) is 68.7 Å². The molecule has 0 spiro atoms. The summed E-state index contributed by atoms with van der Waals surface area (Å²) in [5.74, 6) is -4.85. The normalized spacial score (nSPS) is 20.3. The first-order valence-electron chi connectivity index (χ1n) is 26.8. The van der Waals surface area contributed by atoms with Crippen LogP contribution in [0.2, 0.25) is 0 Å². The van der Waals surface area contributed by atoms with Crippen LogP contribution < -0.4 is 10.6 Å². The summed E-state index contributed by atoms with van der Waals surface area (Å²) in [6, 6.07) is 4.09. The van der Waals surface area contributed by atoms with Gasteiger partial charge in [0.25, 0.3) is 17.7 Å². The summed E-state index contributed by atoms with van der Waals surface area (Å²) in [6.07, 6.45) is 3.28. The number of nitrogens with zero attached hydrogens (tertiary/aromatic N) is 5. The molecule has 418 valence electrons. The van der Waals surface area contributed by atoms with Crippen LogP contribution in [0.5, 0.6) is 0 Å². The van der Waals surface area contributed by atoms with E-state index in [1.807, 2.05) is 84.0 Å². The fourth-order valence-corrected chi connectivity index (χ4v) is 10.9. The predicted octanol–water partition coefficient (Wildman–Crippen LogP) is 3.52. The highest BCUT2D eigenvalue weighted by molar-refractivity contribution is 6.01. The fourth-order valence-electron chi connectivity index (χ4n) is 10.9. The van der Waals surface area contributed by atoms with Gasteiger partial charge < -0.3 is 44.8 Å². The summed E-state index contributed by atoms with van der Waals surface area (Å²) in [5, 5.41) is 18.7. The number of hydrogen-bond acceptors (Lipinski definition) is 14. The number of likely N-dealkylation sites (N-methyl/N-ethyl adjacent to an activating group) is 2. The van der Waals surface area contributed by atoms with Crippen LogP contribution in [0.4, 0.5) is 0 Å². The quantitative estimate of drug-likeness (QED) is 0.0704. The number of unbranched alkanes of at least 4 members (excludes halogenated alkanes) is 2. The molecule has 1 aromatic carbocycles. The zero-order valence-corrected chi connectivity index (χ0v) is 46.0. The standard InChI is InChI=1S/C54H84N8O13/c1-12-34(6)49(59(9)54(71)47(32(2)3)57-52(69)48(33(4)5)58(8)25-17-13-14-22-46(67)75-62-43(64)23-24-44(62)65)42(72-10)28-45(66)60-26-18-21-41(60)50(73-11)35(7)51(68)56-40(53(70)61-30-37(63)31-74-61)27-36-29-55-39-20-16-15-19-38(36)39/h15-16,19-20,29,32-35,37,40-42,47-50,55,63H,12-14,17-18,21-28,30-31H2,1-11H3,(H,56,68)(H,57,69)/t34-,35+,37?,40-,41-,42+,47-,48?,49-,50+/m0/s1. The van der Waals surface area contributed by atoms with Crippen LogP contribution in [-0.4, -0.2) is 185 Å². The predicted molar refractivity (Wildman–Crippen MR) is 277 cm³/mol.